The van der Waals surface area contributed by atoms with Gasteiger partial charge in [-0.05, 0) is 29.8 Å². The molecule has 0 aliphatic carbocycles. The van der Waals surface area contributed by atoms with Crippen molar-refractivity contribution in [3.05, 3.63) is 59.9 Å². The molecule has 4 nitrogen and oxygen atoms in total. The lowest BCUT2D eigenvalue weighted by Gasteiger charge is -2.36. The molecule has 1 amide bonds. The Bertz CT molecular complexity index is 712. The van der Waals surface area contributed by atoms with Crippen molar-refractivity contribution < 1.29 is 13.9 Å². The van der Waals surface area contributed by atoms with E-state index in [1.165, 1.54) is 12.1 Å². The lowest BCUT2D eigenvalue weighted by atomic mass is 10.1. The van der Waals surface area contributed by atoms with Gasteiger partial charge in [0.25, 0.3) is 0 Å². The van der Waals surface area contributed by atoms with Crippen LogP contribution in [0.25, 0.3) is 0 Å². The van der Waals surface area contributed by atoms with Gasteiger partial charge in [-0.15, -0.1) is 0 Å². The number of hydrogen-bond acceptors (Lipinski definition) is 3. The number of hydrogen-bond donors (Lipinski definition) is 0. The van der Waals surface area contributed by atoms with Gasteiger partial charge in [0.2, 0.25) is 5.91 Å². The number of nitrogens with zero attached hydrogens (tertiary/aromatic N) is 2. The first kappa shape index (κ1) is 16.3. The number of benzene rings is 2. The molecule has 0 spiro atoms. The van der Waals surface area contributed by atoms with Crippen molar-refractivity contribution in [1.82, 2.24) is 4.90 Å². The monoisotopic (exact) mass is 328 g/mol. The van der Waals surface area contributed by atoms with Gasteiger partial charge in [0, 0.05) is 37.9 Å². The Morgan fingerprint density at radius 3 is 2.54 bits per heavy atom. The Labute approximate surface area is 141 Å². The molecule has 5 heteroatoms. The second-order valence-corrected chi connectivity index (χ2v) is 5.88. The molecule has 1 aliphatic rings. The van der Waals surface area contributed by atoms with E-state index in [-0.39, 0.29) is 18.1 Å². The zero-order valence-electron chi connectivity index (χ0n) is 13.7. The van der Waals surface area contributed by atoms with E-state index in [4.69, 9.17) is 4.74 Å². The Hall–Kier alpha value is -2.56. The summed E-state index contributed by atoms with van der Waals surface area (Å²) >= 11 is 0. The Balaban J connectivity index is 1.57. The van der Waals surface area contributed by atoms with Crippen LogP contribution in [0.1, 0.15) is 5.56 Å². The van der Waals surface area contributed by atoms with Crippen molar-refractivity contribution in [1.29, 1.82) is 0 Å². The van der Waals surface area contributed by atoms with Gasteiger partial charge in [-0.25, -0.2) is 4.39 Å². The number of rotatable bonds is 4. The number of ether oxygens (including phenoxy) is 1. The van der Waals surface area contributed by atoms with E-state index < -0.39 is 0 Å². The third-order valence-electron chi connectivity index (χ3n) is 4.30. The van der Waals surface area contributed by atoms with Crippen LogP contribution in [0.2, 0.25) is 0 Å². The predicted octanol–water partition coefficient (Wildman–Crippen LogP) is 2.73. The van der Waals surface area contributed by atoms with Crippen LogP contribution >= 0.6 is 0 Å². The maximum absolute atomic E-state index is 13.2. The Kier molecular flexibility index (Phi) is 4.99. The minimum absolute atomic E-state index is 0.0471. The third-order valence-corrected chi connectivity index (χ3v) is 4.30. The highest BCUT2D eigenvalue weighted by atomic mass is 19.1. The van der Waals surface area contributed by atoms with E-state index in [0.29, 0.717) is 13.1 Å². The summed E-state index contributed by atoms with van der Waals surface area (Å²) in [6.07, 6.45) is 0.247. The number of amides is 1. The molecule has 1 heterocycles. The van der Waals surface area contributed by atoms with Crippen molar-refractivity contribution in [2.45, 2.75) is 6.42 Å². The van der Waals surface area contributed by atoms with E-state index in [0.717, 1.165) is 30.1 Å². The van der Waals surface area contributed by atoms with Crippen molar-refractivity contribution in [3.8, 4) is 5.75 Å². The van der Waals surface area contributed by atoms with Crippen molar-refractivity contribution in [3.63, 3.8) is 0 Å². The summed E-state index contributed by atoms with van der Waals surface area (Å²) in [6.45, 7) is 2.90. The van der Waals surface area contributed by atoms with E-state index in [1.807, 2.05) is 29.2 Å². The van der Waals surface area contributed by atoms with E-state index >= 15 is 0 Å². The minimum atomic E-state index is -0.303. The summed E-state index contributed by atoms with van der Waals surface area (Å²) in [5, 5.41) is 0. The fourth-order valence-electron chi connectivity index (χ4n) is 2.95. The topological polar surface area (TPSA) is 32.8 Å². The van der Waals surface area contributed by atoms with Crippen LogP contribution in [0.3, 0.4) is 0 Å². The lowest BCUT2D eigenvalue weighted by Crippen LogP contribution is -2.49. The van der Waals surface area contributed by atoms with Crippen LogP contribution in [-0.2, 0) is 11.2 Å². The predicted molar refractivity (Wildman–Crippen MR) is 91.9 cm³/mol. The summed E-state index contributed by atoms with van der Waals surface area (Å²) in [7, 11) is 1.65. The normalized spacial score (nSPS) is 14.6. The number of carbonyl (C=O) groups is 1. The van der Waals surface area contributed by atoms with Crippen LogP contribution in [-0.4, -0.2) is 44.1 Å². The van der Waals surface area contributed by atoms with E-state index in [2.05, 4.69) is 4.90 Å². The van der Waals surface area contributed by atoms with Crippen LogP contribution in [0.15, 0.2) is 48.5 Å². The average molecular weight is 328 g/mol. The highest BCUT2D eigenvalue weighted by Crippen LogP contribution is 2.22. The van der Waals surface area contributed by atoms with E-state index in [1.54, 1.807) is 19.2 Å². The molecule has 1 saturated heterocycles. The molecule has 126 valence electrons. The second kappa shape index (κ2) is 7.34. The Morgan fingerprint density at radius 2 is 1.83 bits per heavy atom. The molecule has 2 aromatic carbocycles. The largest absolute Gasteiger partial charge is 0.497 e. The average Bonchev–Trinajstić information content (AvgIpc) is 2.62. The molecular weight excluding hydrogens is 307 g/mol. The standard InChI is InChI=1S/C19H21FN2O2/c1-24-18-7-3-6-17(14-18)21-8-10-22(11-9-21)19(23)13-15-4-2-5-16(20)12-15/h2-7,12,14H,8-11,13H2,1H3. The molecule has 0 saturated carbocycles. The van der Waals surface area contributed by atoms with Gasteiger partial charge in [0.15, 0.2) is 0 Å². The van der Waals surface area contributed by atoms with Crippen molar-refractivity contribution in [2.24, 2.45) is 0 Å². The number of anilines is 1. The molecule has 24 heavy (non-hydrogen) atoms. The van der Waals surface area contributed by atoms with Crippen molar-refractivity contribution in [2.75, 3.05) is 38.2 Å². The summed E-state index contributed by atoms with van der Waals surface area (Å²) in [6, 6.07) is 14.2. The van der Waals surface area contributed by atoms with Gasteiger partial charge in [-0.1, -0.05) is 18.2 Å². The van der Waals surface area contributed by atoms with Gasteiger partial charge < -0.3 is 14.5 Å². The van der Waals surface area contributed by atoms with Gasteiger partial charge in [-0.3, -0.25) is 4.79 Å². The molecule has 1 fully saturated rings. The SMILES string of the molecule is COc1cccc(N2CCN(C(=O)Cc3cccc(F)c3)CC2)c1. The first-order valence-electron chi connectivity index (χ1n) is 8.07. The molecule has 0 atom stereocenters. The third kappa shape index (κ3) is 3.85. The van der Waals surface area contributed by atoms with Crippen LogP contribution in [0.4, 0.5) is 10.1 Å². The summed E-state index contributed by atoms with van der Waals surface area (Å²) in [4.78, 5) is 16.5. The fraction of sp³-hybridized carbons (Fsp3) is 0.316. The van der Waals surface area contributed by atoms with Gasteiger partial charge in [0.1, 0.15) is 11.6 Å². The first-order valence-corrected chi connectivity index (χ1v) is 8.07. The highest BCUT2D eigenvalue weighted by Gasteiger charge is 2.21. The number of carbonyl (C=O) groups excluding carboxylic acids is 1. The van der Waals surface area contributed by atoms with Crippen molar-refractivity contribution >= 4 is 11.6 Å². The number of halogens is 1. The van der Waals surface area contributed by atoms with E-state index in [9.17, 15) is 9.18 Å². The van der Waals surface area contributed by atoms with Crippen LogP contribution < -0.4 is 9.64 Å². The molecule has 0 aromatic heterocycles. The highest BCUT2D eigenvalue weighted by molar-refractivity contribution is 5.79. The van der Waals surface area contributed by atoms with Gasteiger partial charge >= 0.3 is 0 Å². The second-order valence-electron chi connectivity index (χ2n) is 5.88. The Morgan fingerprint density at radius 1 is 1.08 bits per heavy atom. The summed E-state index contributed by atoms with van der Waals surface area (Å²) in [5.74, 6) is 0.575. The molecular formula is C19H21FN2O2. The zero-order valence-corrected chi connectivity index (χ0v) is 13.7. The maximum Gasteiger partial charge on any atom is 0.227 e. The summed E-state index contributed by atoms with van der Waals surface area (Å²) < 4.78 is 18.5. The zero-order chi connectivity index (χ0) is 16.9. The maximum atomic E-state index is 13.2. The molecule has 0 N–H and O–H groups in total. The molecule has 0 unspecified atom stereocenters. The minimum Gasteiger partial charge on any atom is -0.497 e. The van der Waals surface area contributed by atoms with Gasteiger partial charge in [-0.2, -0.15) is 0 Å². The molecule has 0 radical (unpaired) electrons. The lowest BCUT2D eigenvalue weighted by molar-refractivity contribution is -0.130. The molecule has 2 aromatic rings. The quantitative estimate of drug-likeness (QED) is 0.865. The molecule has 3 rings (SSSR count). The van der Waals surface area contributed by atoms with Crippen LogP contribution in [0.5, 0.6) is 5.75 Å². The number of methoxy groups -OCH3 is 1. The number of piperazine rings is 1. The molecule has 1 aliphatic heterocycles. The summed E-state index contributed by atoms with van der Waals surface area (Å²) in [5.41, 5.74) is 1.82. The smallest absolute Gasteiger partial charge is 0.227 e. The molecule has 0 bridgehead atoms. The fourth-order valence-corrected chi connectivity index (χ4v) is 2.95. The van der Waals surface area contributed by atoms with Crippen LogP contribution in [0, 0.1) is 5.82 Å². The van der Waals surface area contributed by atoms with Gasteiger partial charge in [0.05, 0.1) is 13.5 Å². The first-order chi connectivity index (χ1) is 11.7.